The van der Waals surface area contributed by atoms with Crippen molar-refractivity contribution >= 4 is 0 Å². The quantitative estimate of drug-likeness (QED) is 0.321. The maximum atomic E-state index is 3.46. The monoisotopic (exact) mass is 421 g/mol. The summed E-state index contributed by atoms with van der Waals surface area (Å²) in [6.45, 7) is 8.32. The third-order valence-corrected chi connectivity index (χ3v) is 5.71. The van der Waals surface area contributed by atoms with Gasteiger partial charge in [-0.3, -0.25) is 0 Å². The molecule has 0 fully saturated rings. The molecule has 1 N–H and O–H groups in total. The highest BCUT2D eigenvalue weighted by atomic mass is 14.8. The summed E-state index contributed by atoms with van der Waals surface area (Å²) in [6.07, 6.45) is 1.15. The van der Waals surface area contributed by atoms with Crippen molar-refractivity contribution in [3.05, 3.63) is 143 Å². The minimum Gasteiger partial charge on any atom is -0.309 e. The first kappa shape index (κ1) is 23.5. The molecule has 0 amide bonds. The maximum absolute atomic E-state index is 3.46. The number of aryl methyl sites for hydroxylation is 2. The molecule has 4 rings (SSSR count). The first-order valence-corrected chi connectivity index (χ1v) is 11.6. The van der Waals surface area contributed by atoms with Crippen molar-refractivity contribution in [2.45, 2.75) is 46.2 Å². The van der Waals surface area contributed by atoms with Crippen molar-refractivity contribution in [3.8, 4) is 0 Å². The molecule has 0 aromatic heterocycles. The van der Waals surface area contributed by atoms with Crippen LogP contribution in [0.1, 0.15) is 52.6 Å². The van der Waals surface area contributed by atoms with Gasteiger partial charge in [-0.2, -0.15) is 0 Å². The minimum atomic E-state index is 0.535. The van der Waals surface area contributed by atoms with Crippen LogP contribution in [0.25, 0.3) is 0 Å². The number of nitrogens with one attached hydrogen (secondary N) is 1. The van der Waals surface area contributed by atoms with Crippen LogP contribution in [0.5, 0.6) is 0 Å². The van der Waals surface area contributed by atoms with Gasteiger partial charge in [0.1, 0.15) is 0 Å². The third-order valence-electron chi connectivity index (χ3n) is 5.71. The van der Waals surface area contributed by atoms with Crippen molar-refractivity contribution in [2.75, 3.05) is 0 Å². The molecule has 0 unspecified atom stereocenters. The van der Waals surface area contributed by atoms with Gasteiger partial charge in [0.2, 0.25) is 0 Å². The Labute approximate surface area is 194 Å². The summed E-state index contributed by atoms with van der Waals surface area (Å²) in [6, 6.07) is 38.8. The fourth-order valence-corrected chi connectivity index (χ4v) is 3.80. The molecule has 0 atom stereocenters. The molecule has 0 saturated carbocycles. The van der Waals surface area contributed by atoms with Gasteiger partial charge in [0, 0.05) is 19.0 Å². The van der Waals surface area contributed by atoms with Crippen LogP contribution in [0.3, 0.4) is 0 Å². The van der Waals surface area contributed by atoms with E-state index >= 15 is 0 Å². The van der Waals surface area contributed by atoms with E-state index in [0.29, 0.717) is 5.92 Å². The van der Waals surface area contributed by atoms with Crippen LogP contribution in [-0.2, 0) is 13.1 Å². The van der Waals surface area contributed by atoms with E-state index in [1.807, 2.05) is 0 Å². The molecule has 0 aliphatic rings. The Bertz CT molecular complexity index is 934. The van der Waals surface area contributed by atoms with E-state index in [2.05, 4.69) is 135 Å². The molecule has 1 heteroatoms. The summed E-state index contributed by atoms with van der Waals surface area (Å²) in [5.74, 6) is 0.535. The molecule has 0 bridgehead atoms. The van der Waals surface area contributed by atoms with Gasteiger partial charge in [-0.1, -0.05) is 127 Å². The van der Waals surface area contributed by atoms with Crippen molar-refractivity contribution < 1.29 is 0 Å². The Hall–Kier alpha value is -3.16. The van der Waals surface area contributed by atoms with E-state index in [1.54, 1.807) is 0 Å². The number of benzene rings is 4. The van der Waals surface area contributed by atoms with Crippen molar-refractivity contribution in [3.63, 3.8) is 0 Å². The Balaban J connectivity index is 0.000000182. The summed E-state index contributed by atoms with van der Waals surface area (Å²) in [4.78, 5) is 0. The lowest BCUT2D eigenvalue weighted by molar-refractivity contribution is 0.693. The maximum Gasteiger partial charge on any atom is 0.0208 e. The van der Waals surface area contributed by atoms with Crippen LogP contribution >= 0.6 is 0 Å². The third kappa shape index (κ3) is 7.51. The van der Waals surface area contributed by atoms with Crippen molar-refractivity contribution in [1.29, 1.82) is 0 Å². The fourth-order valence-electron chi connectivity index (χ4n) is 3.80. The highest BCUT2D eigenvalue weighted by Crippen LogP contribution is 2.27. The molecule has 1 nitrogen and oxygen atoms in total. The summed E-state index contributed by atoms with van der Waals surface area (Å²) >= 11 is 0. The summed E-state index contributed by atoms with van der Waals surface area (Å²) in [5.41, 5.74) is 8.11. The lowest BCUT2D eigenvalue weighted by atomic mass is 9.89. The van der Waals surface area contributed by atoms with Crippen molar-refractivity contribution in [1.82, 2.24) is 5.32 Å². The molecule has 0 heterocycles. The van der Waals surface area contributed by atoms with Gasteiger partial charge in [0.15, 0.2) is 0 Å². The van der Waals surface area contributed by atoms with Gasteiger partial charge in [-0.25, -0.2) is 0 Å². The molecule has 0 spiro atoms. The average molecular weight is 422 g/mol. The molecule has 0 aliphatic heterocycles. The van der Waals surface area contributed by atoms with E-state index in [0.717, 1.165) is 19.5 Å². The largest absolute Gasteiger partial charge is 0.309 e. The van der Waals surface area contributed by atoms with Gasteiger partial charge in [-0.05, 0) is 42.5 Å². The average Bonchev–Trinajstić information content (AvgIpc) is 2.84. The number of hydrogen-bond donors (Lipinski definition) is 1. The Morgan fingerprint density at radius 1 is 0.531 bits per heavy atom. The van der Waals surface area contributed by atoms with Crippen LogP contribution in [0.15, 0.2) is 109 Å². The molecule has 0 radical (unpaired) electrons. The SMILES string of the molecule is CCC(c1ccccc1)c1ccccc1.Cc1ccc(CNCc2ccc(C)cc2)cc1. The van der Waals surface area contributed by atoms with Gasteiger partial charge >= 0.3 is 0 Å². The second-order valence-corrected chi connectivity index (χ2v) is 8.36. The molecule has 164 valence electrons. The van der Waals surface area contributed by atoms with E-state index in [1.165, 1.54) is 33.4 Å². The smallest absolute Gasteiger partial charge is 0.0208 e. The Morgan fingerprint density at radius 2 is 0.906 bits per heavy atom. The normalized spacial score (nSPS) is 10.5. The number of rotatable bonds is 7. The second kappa shape index (κ2) is 12.6. The first-order valence-electron chi connectivity index (χ1n) is 11.6. The van der Waals surface area contributed by atoms with Gasteiger partial charge in [-0.15, -0.1) is 0 Å². The van der Waals surface area contributed by atoms with Gasteiger partial charge in [0.05, 0.1) is 0 Å². The lowest BCUT2D eigenvalue weighted by Crippen LogP contribution is -2.12. The first-order chi connectivity index (χ1) is 15.7. The zero-order valence-electron chi connectivity index (χ0n) is 19.6. The lowest BCUT2D eigenvalue weighted by Gasteiger charge is -2.15. The predicted octanol–water partition coefficient (Wildman–Crippen LogP) is 7.82. The van der Waals surface area contributed by atoms with Crippen molar-refractivity contribution in [2.24, 2.45) is 0 Å². The molecule has 32 heavy (non-hydrogen) atoms. The zero-order chi connectivity index (χ0) is 22.6. The highest BCUT2D eigenvalue weighted by molar-refractivity contribution is 5.32. The fraction of sp³-hybridized carbons (Fsp3) is 0.226. The van der Waals surface area contributed by atoms with E-state index < -0.39 is 0 Å². The Kier molecular flexibility index (Phi) is 9.28. The second-order valence-electron chi connectivity index (χ2n) is 8.36. The highest BCUT2D eigenvalue weighted by Gasteiger charge is 2.10. The van der Waals surface area contributed by atoms with Gasteiger partial charge in [0.25, 0.3) is 0 Å². The summed E-state index contributed by atoms with van der Waals surface area (Å²) in [5, 5.41) is 3.46. The van der Waals surface area contributed by atoms with E-state index in [9.17, 15) is 0 Å². The van der Waals surface area contributed by atoms with Gasteiger partial charge < -0.3 is 5.32 Å². The number of hydrogen-bond acceptors (Lipinski definition) is 1. The van der Waals surface area contributed by atoms with Crippen LogP contribution in [0.2, 0.25) is 0 Å². The van der Waals surface area contributed by atoms with Crippen LogP contribution in [0, 0.1) is 13.8 Å². The molecular weight excluding hydrogens is 386 g/mol. The molecule has 4 aromatic rings. The minimum absolute atomic E-state index is 0.535. The molecule has 4 aromatic carbocycles. The van der Waals surface area contributed by atoms with Crippen LogP contribution < -0.4 is 5.32 Å². The van der Waals surface area contributed by atoms with Crippen LogP contribution in [0.4, 0.5) is 0 Å². The summed E-state index contributed by atoms with van der Waals surface area (Å²) in [7, 11) is 0. The van der Waals surface area contributed by atoms with Crippen LogP contribution in [-0.4, -0.2) is 0 Å². The molecular formula is C31H35N. The Morgan fingerprint density at radius 3 is 1.25 bits per heavy atom. The predicted molar refractivity (Wildman–Crippen MR) is 138 cm³/mol. The summed E-state index contributed by atoms with van der Waals surface area (Å²) < 4.78 is 0. The topological polar surface area (TPSA) is 12.0 Å². The molecule has 0 aliphatic carbocycles. The molecule has 0 saturated heterocycles. The zero-order valence-corrected chi connectivity index (χ0v) is 19.6. The standard InChI is InChI=1S/C16H19N.C15H16/c1-13-3-7-15(8-4-13)11-17-12-16-9-5-14(2)6-10-16;1-2-15(13-9-5-3-6-10-13)14-11-7-4-8-12-14/h3-10,17H,11-12H2,1-2H3;3-12,15H,2H2,1H3. The van der Waals surface area contributed by atoms with E-state index in [-0.39, 0.29) is 0 Å². The van der Waals surface area contributed by atoms with E-state index in [4.69, 9.17) is 0 Å².